The third kappa shape index (κ3) is 1.80. The molecule has 0 saturated heterocycles. The van der Waals surface area contributed by atoms with Crippen molar-refractivity contribution in [3.05, 3.63) is 28.8 Å². The average molecular weight is 183 g/mol. The SMILES string of the molecule is Cc1ccc(C)c(C(N)CF)c1O. The zero-order valence-electron chi connectivity index (χ0n) is 7.84. The molecule has 1 aromatic rings. The standard InChI is InChI=1S/C10H14FNO/c1-6-3-4-7(2)10(13)9(6)8(12)5-11/h3-4,8,13H,5,12H2,1-2H3. The van der Waals surface area contributed by atoms with E-state index in [2.05, 4.69) is 0 Å². The number of hydrogen-bond acceptors (Lipinski definition) is 2. The molecule has 0 aliphatic carbocycles. The summed E-state index contributed by atoms with van der Waals surface area (Å²) in [5.41, 5.74) is 7.60. The highest BCUT2D eigenvalue weighted by atomic mass is 19.1. The molecule has 0 fully saturated rings. The van der Waals surface area contributed by atoms with Gasteiger partial charge in [0.05, 0.1) is 6.04 Å². The lowest BCUT2D eigenvalue weighted by Crippen LogP contribution is -2.14. The number of alkyl halides is 1. The van der Waals surface area contributed by atoms with Crippen molar-refractivity contribution < 1.29 is 9.50 Å². The molecule has 0 amide bonds. The quantitative estimate of drug-likeness (QED) is 0.736. The Morgan fingerprint density at radius 3 is 2.46 bits per heavy atom. The lowest BCUT2D eigenvalue weighted by molar-refractivity contribution is 0.411. The summed E-state index contributed by atoms with van der Waals surface area (Å²) in [6.45, 7) is 2.92. The minimum atomic E-state index is -0.722. The van der Waals surface area contributed by atoms with Crippen molar-refractivity contribution in [1.29, 1.82) is 0 Å². The van der Waals surface area contributed by atoms with Crippen molar-refractivity contribution in [1.82, 2.24) is 0 Å². The summed E-state index contributed by atoms with van der Waals surface area (Å²) in [5, 5.41) is 9.63. The highest BCUT2D eigenvalue weighted by Crippen LogP contribution is 2.29. The Morgan fingerprint density at radius 1 is 1.38 bits per heavy atom. The number of phenolic OH excluding ortho intramolecular Hbond substituents is 1. The van der Waals surface area contributed by atoms with Crippen LogP contribution in [-0.4, -0.2) is 11.8 Å². The third-order valence-electron chi connectivity index (χ3n) is 2.17. The maximum absolute atomic E-state index is 12.3. The van der Waals surface area contributed by atoms with Crippen LogP contribution in [0.2, 0.25) is 0 Å². The van der Waals surface area contributed by atoms with Gasteiger partial charge in [-0.1, -0.05) is 12.1 Å². The monoisotopic (exact) mass is 183 g/mol. The van der Waals surface area contributed by atoms with E-state index in [1.165, 1.54) is 0 Å². The molecule has 0 aliphatic heterocycles. The summed E-state index contributed by atoms with van der Waals surface area (Å²) < 4.78 is 12.3. The van der Waals surface area contributed by atoms with Gasteiger partial charge in [-0.15, -0.1) is 0 Å². The number of rotatable bonds is 2. The van der Waals surface area contributed by atoms with Gasteiger partial charge in [0.25, 0.3) is 0 Å². The number of aryl methyl sites for hydroxylation is 2. The molecule has 0 spiro atoms. The van der Waals surface area contributed by atoms with Gasteiger partial charge in [0.2, 0.25) is 0 Å². The first kappa shape index (κ1) is 9.99. The van der Waals surface area contributed by atoms with Gasteiger partial charge in [-0.25, -0.2) is 4.39 Å². The second-order valence-electron chi connectivity index (χ2n) is 3.22. The Kier molecular flexibility index (Phi) is 2.88. The van der Waals surface area contributed by atoms with Crippen LogP contribution in [0, 0.1) is 13.8 Å². The topological polar surface area (TPSA) is 46.2 Å². The van der Waals surface area contributed by atoms with Crippen LogP contribution in [-0.2, 0) is 0 Å². The number of hydrogen-bond donors (Lipinski definition) is 2. The Balaban J connectivity index is 3.25. The van der Waals surface area contributed by atoms with Crippen molar-refractivity contribution in [2.24, 2.45) is 5.73 Å². The predicted molar refractivity (Wildman–Crippen MR) is 50.5 cm³/mol. The number of nitrogens with two attached hydrogens (primary N) is 1. The van der Waals surface area contributed by atoms with Gasteiger partial charge in [0.15, 0.2) is 0 Å². The van der Waals surface area contributed by atoms with Gasteiger partial charge in [-0.3, -0.25) is 0 Å². The zero-order chi connectivity index (χ0) is 10.0. The van der Waals surface area contributed by atoms with Crippen molar-refractivity contribution in [2.75, 3.05) is 6.67 Å². The molecule has 0 saturated carbocycles. The molecule has 3 N–H and O–H groups in total. The van der Waals surface area contributed by atoms with Gasteiger partial charge < -0.3 is 10.8 Å². The summed E-state index contributed by atoms with van der Waals surface area (Å²) >= 11 is 0. The van der Waals surface area contributed by atoms with Crippen LogP contribution in [0.3, 0.4) is 0 Å². The van der Waals surface area contributed by atoms with E-state index >= 15 is 0 Å². The van der Waals surface area contributed by atoms with Crippen molar-refractivity contribution in [2.45, 2.75) is 19.9 Å². The highest BCUT2D eigenvalue weighted by molar-refractivity contribution is 5.46. The summed E-state index contributed by atoms with van der Waals surface area (Å²) in [5.74, 6) is 0.116. The van der Waals surface area contributed by atoms with Crippen LogP contribution in [0.25, 0.3) is 0 Å². The van der Waals surface area contributed by atoms with Crippen LogP contribution >= 0.6 is 0 Å². The van der Waals surface area contributed by atoms with Gasteiger partial charge in [-0.05, 0) is 25.0 Å². The normalized spacial score (nSPS) is 12.9. The van der Waals surface area contributed by atoms with E-state index in [4.69, 9.17) is 5.73 Å². The van der Waals surface area contributed by atoms with Crippen LogP contribution in [0.5, 0.6) is 5.75 Å². The molecule has 1 atom stereocenters. The molecular weight excluding hydrogens is 169 g/mol. The Labute approximate surface area is 77.2 Å². The first-order valence-corrected chi connectivity index (χ1v) is 4.18. The van der Waals surface area contributed by atoms with Crippen LogP contribution in [0.4, 0.5) is 4.39 Å². The molecule has 1 aromatic carbocycles. The van der Waals surface area contributed by atoms with Gasteiger partial charge in [0.1, 0.15) is 12.4 Å². The summed E-state index contributed by atoms with van der Waals surface area (Å²) in [7, 11) is 0. The third-order valence-corrected chi connectivity index (χ3v) is 2.17. The van der Waals surface area contributed by atoms with E-state index in [-0.39, 0.29) is 5.75 Å². The zero-order valence-corrected chi connectivity index (χ0v) is 7.84. The highest BCUT2D eigenvalue weighted by Gasteiger charge is 2.14. The molecule has 0 bridgehead atoms. The maximum Gasteiger partial charge on any atom is 0.123 e. The fourth-order valence-corrected chi connectivity index (χ4v) is 1.36. The first-order valence-electron chi connectivity index (χ1n) is 4.18. The molecule has 2 nitrogen and oxygen atoms in total. The average Bonchev–Trinajstić information content (AvgIpc) is 2.12. The van der Waals surface area contributed by atoms with Crippen LogP contribution in [0.1, 0.15) is 22.7 Å². The van der Waals surface area contributed by atoms with E-state index in [9.17, 15) is 9.50 Å². The Morgan fingerprint density at radius 2 is 1.92 bits per heavy atom. The second-order valence-corrected chi connectivity index (χ2v) is 3.22. The fraction of sp³-hybridized carbons (Fsp3) is 0.400. The molecule has 1 rings (SSSR count). The van der Waals surface area contributed by atoms with Gasteiger partial charge in [0, 0.05) is 5.56 Å². The molecular formula is C10H14FNO. The molecule has 1 unspecified atom stereocenters. The largest absolute Gasteiger partial charge is 0.507 e. The second kappa shape index (κ2) is 3.75. The lowest BCUT2D eigenvalue weighted by atomic mass is 9.98. The Bertz CT molecular complexity index is 312. The number of halogens is 1. The lowest BCUT2D eigenvalue weighted by Gasteiger charge is -2.14. The van der Waals surface area contributed by atoms with E-state index in [0.29, 0.717) is 5.56 Å². The number of aromatic hydroxyl groups is 1. The number of phenols is 1. The van der Waals surface area contributed by atoms with Crippen molar-refractivity contribution in [3.8, 4) is 5.75 Å². The molecule has 0 aromatic heterocycles. The van der Waals surface area contributed by atoms with E-state index in [1.54, 1.807) is 13.0 Å². The minimum Gasteiger partial charge on any atom is -0.507 e. The van der Waals surface area contributed by atoms with Crippen molar-refractivity contribution >= 4 is 0 Å². The summed E-state index contributed by atoms with van der Waals surface area (Å²) in [6.07, 6.45) is 0. The first-order chi connectivity index (χ1) is 6.07. The molecule has 72 valence electrons. The molecule has 3 heteroatoms. The van der Waals surface area contributed by atoms with Crippen molar-refractivity contribution in [3.63, 3.8) is 0 Å². The number of benzene rings is 1. The molecule has 0 radical (unpaired) electrons. The summed E-state index contributed by atoms with van der Waals surface area (Å²) in [6, 6.07) is 2.90. The predicted octanol–water partition coefficient (Wildman–Crippen LogP) is 1.98. The van der Waals surface area contributed by atoms with Crippen LogP contribution in [0.15, 0.2) is 12.1 Å². The molecule has 0 aliphatic rings. The molecule has 0 heterocycles. The maximum atomic E-state index is 12.3. The minimum absolute atomic E-state index is 0.116. The molecule has 13 heavy (non-hydrogen) atoms. The summed E-state index contributed by atoms with van der Waals surface area (Å²) in [4.78, 5) is 0. The van der Waals surface area contributed by atoms with Gasteiger partial charge >= 0.3 is 0 Å². The Hall–Kier alpha value is -1.09. The van der Waals surface area contributed by atoms with E-state index in [1.807, 2.05) is 13.0 Å². The van der Waals surface area contributed by atoms with Crippen LogP contribution < -0.4 is 5.73 Å². The van der Waals surface area contributed by atoms with E-state index in [0.717, 1.165) is 11.1 Å². The smallest absolute Gasteiger partial charge is 0.123 e. The fourth-order valence-electron chi connectivity index (χ4n) is 1.36. The van der Waals surface area contributed by atoms with Gasteiger partial charge in [-0.2, -0.15) is 0 Å². The van der Waals surface area contributed by atoms with E-state index < -0.39 is 12.7 Å².